The SMILES string of the molecule is Fc1cc(C(Br)Cc2ncc[nH]2)cc(F)c1F. The molecule has 0 aliphatic rings. The van der Waals surface area contributed by atoms with Gasteiger partial charge in [-0.15, -0.1) is 0 Å². The lowest BCUT2D eigenvalue weighted by atomic mass is 10.1. The Balaban J connectivity index is 2.22. The van der Waals surface area contributed by atoms with Crippen LogP contribution in [0, 0.1) is 17.5 Å². The summed E-state index contributed by atoms with van der Waals surface area (Å²) in [4.78, 5) is 6.54. The molecule has 0 aliphatic carbocycles. The van der Waals surface area contributed by atoms with Crippen LogP contribution in [0.1, 0.15) is 16.2 Å². The number of alkyl halides is 1. The van der Waals surface area contributed by atoms with E-state index in [1.54, 1.807) is 12.4 Å². The molecule has 1 heterocycles. The number of aromatic nitrogens is 2. The van der Waals surface area contributed by atoms with E-state index in [1.165, 1.54) is 0 Å². The summed E-state index contributed by atoms with van der Waals surface area (Å²) in [5.74, 6) is -3.16. The average molecular weight is 305 g/mol. The van der Waals surface area contributed by atoms with Crippen molar-refractivity contribution in [3.05, 3.63) is 53.4 Å². The van der Waals surface area contributed by atoms with E-state index in [0.29, 0.717) is 17.8 Å². The summed E-state index contributed by atoms with van der Waals surface area (Å²) in [5.41, 5.74) is 0.331. The van der Waals surface area contributed by atoms with E-state index >= 15 is 0 Å². The fourth-order valence-corrected chi connectivity index (χ4v) is 2.02. The quantitative estimate of drug-likeness (QED) is 0.682. The number of halogens is 4. The van der Waals surface area contributed by atoms with E-state index < -0.39 is 17.5 Å². The Hall–Kier alpha value is -1.30. The van der Waals surface area contributed by atoms with Crippen LogP contribution in [-0.4, -0.2) is 9.97 Å². The van der Waals surface area contributed by atoms with Gasteiger partial charge in [0, 0.05) is 23.6 Å². The second-order valence-corrected chi connectivity index (χ2v) is 4.61. The van der Waals surface area contributed by atoms with Crippen molar-refractivity contribution in [1.29, 1.82) is 0 Å². The Bertz CT molecular complexity index is 490. The second-order valence-electron chi connectivity index (χ2n) is 3.51. The smallest absolute Gasteiger partial charge is 0.194 e. The predicted octanol–water partition coefficient (Wildman–Crippen LogP) is 3.51. The zero-order valence-electron chi connectivity index (χ0n) is 8.55. The van der Waals surface area contributed by atoms with Crippen LogP contribution >= 0.6 is 15.9 Å². The Morgan fingerprint density at radius 1 is 1.24 bits per heavy atom. The molecule has 0 saturated heterocycles. The molecule has 1 atom stereocenters. The molecule has 1 aromatic heterocycles. The van der Waals surface area contributed by atoms with Crippen LogP contribution in [0.5, 0.6) is 0 Å². The van der Waals surface area contributed by atoms with Gasteiger partial charge in [0.15, 0.2) is 17.5 Å². The molecule has 0 saturated carbocycles. The molecule has 1 aromatic carbocycles. The summed E-state index contributed by atoms with van der Waals surface area (Å²) in [6.07, 6.45) is 3.67. The molecule has 0 bridgehead atoms. The first-order valence-corrected chi connectivity index (χ1v) is 5.76. The molecule has 0 aliphatic heterocycles. The maximum atomic E-state index is 13.0. The molecule has 6 heteroatoms. The van der Waals surface area contributed by atoms with Crippen molar-refractivity contribution >= 4 is 15.9 Å². The monoisotopic (exact) mass is 304 g/mol. The molecule has 17 heavy (non-hydrogen) atoms. The summed E-state index contributed by atoms with van der Waals surface area (Å²) in [6, 6.07) is 1.95. The first-order chi connectivity index (χ1) is 8.08. The van der Waals surface area contributed by atoms with Crippen molar-refractivity contribution in [3.63, 3.8) is 0 Å². The highest BCUT2D eigenvalue weighted by atomic mass is 79.9. The number of H-pyrrole nitrogens is 1. The molecule has 0 spiro atoms. The minimum absolute atomic E-state index is 0.331. The summed E-state index contributed by atoms with van der Waals surface area (Å²) in [6.45, 7) is 0. The van der Waals surface area contributed by atoms with Gasteiger partial charge < -0.3 is 4.98 Å². The standard InChI is InChI=1S/C11H8BrF3N2/c12-7(5-10-16-1-2-17-10)6-3-8(13)11(15)9(14)4-6/h1-4,7H,5H2,(H,16,17). The van der Waals surface area contributed by atoms with Crippen LogP contribution in [0.25, 0.3) is 0 Å². The van der Waals surface area contributed by atoms with E-state index in [1.807, 2.05) is 0 Å². The van der Waals surface area contributed by atoms with Gasteiger partial charge in [-0.3, -0.25) is 0 Å². The van der Waals surface area contributed by atoms with Crippen molar-refractivity contribution in [2.75, 3.05) is 0 Å². The largest absolute Gasteiger partial charge is 0.349 e. The minimum Gasteiger partial charge on any atom is -0.349 e. The number of imidazole rings is 1. The lowest BCUT2D eigenvalue weighted by Crippen LogP contribution is -2.01. The van der Waals surface area contributed by atoms with Gasteiger partial charge in [-0.1, -0.05) is 15.9 Å². The van der Waals surface area contributed by atoms with Crippen LogP contribution in [-0.2, 0) is 6.42 Å². The number of nitrogens with zero attached hydrogens (tertiary/aromatic N) is 1. The van der Waals surface area contributed by atoms with Crippen LogP contribution in [0.3, 0.4) is 0 Å². The van der Waals surface area contributed by atoms with Gasteiger partial charge in [0.25, 0.3) is 0 Å². The lowest BCUT2D eigenvalue weighted by Gasteiger charge is -2.09. The molecular weight excluding hydrogens is 297 g/mol. The lowest BCUT2D eigenvalue weighted by molar-refractivity contribution is 0.445. The molecule has 0 radical (unpaired) electrons. The maximum Gasteiger partial charge on any atom is 0.194 e. The fraction of sp³-hybridized carbons (Fsp3) is 0.182. The minimum atomic E-state index is -1.45. The summed E-state index contributed by atoms with van der Waals surface area (Å²) in [5, 5.41) is 0. The summed E-state index contributed by atoms with van der Waals surface area (Å²) in [7, 11) is 0. The molecule has 1 unspecified atom stereocenters. The highest BCUT2D eigenvalue weighted by Crippen LogP contribution is 2.28. The van der Waals surface area contributed by atoms with Crippen LogP contribution in [0.4, 0.5) is 13.2 Å². The third kappa shape index (κ3) is 2.69. The summed E-state index contributed by atoms with van der Waals surface area (Å²) >= 11 is 3.28. The summed E-state index contributed by atoms with van der Waals surface area (Å²) < 4.78 is 38.8. The fourth-order valence-electron chi connectivity index (χ4n) is 1.45. The van der Waals surface area contributed by atoms with E-state index in [0.717, 1.165) is 12.1 Å². The van der Waals surface area contributed by atoms with E-state index in [-0.39, 0.29) is 4.83 Å². The molecule has 0 amide bonds. The van der Waals surface area contributed by atoms with Crippen LogP contribution in [0.15, 0.2) is 24.5 Å². The first-order valence-electron chi connectivity index (χ1n) is 4.84. The molecule has 2 rings (SSSR count). The zero-order chi connectivity index (χ0) is 12.4. The molecule has 0 fully saturated rings. The highest BCUT2D eigenvalue weighted by Gasteiger charge is 2.16. The Morgan fingerprint density at radius 2 is 1.88 bits per heavy atom. The van der Waals surface area contributed by atoms with Gasteiger partial charge in [0.05, 0.1) is 0 Å². The molecule has 90 valence electrons. The third-order valence-corrected chi connectivity index (χ3v) is 3.15. The molecule has 2 nitrogen and oxygen atoms in total. The second kappa shape index (κ2) is 4.91. The average Bonchev–Trinajstić information content (AvgIpc) is 2.77. The van der Waals surface area contributed by atoms with E-state index in [4.69, 9.17) is 0 Å². The van der Waals surface area contributed by atoms with Crippen molar-refractivity contribution in [2.24, 2.45) is 0 Å². The van der Waals surface area contributed by atoms with E-state index in [2.05, 4.69) is 25.9 Å². The molecule has 2 aromatic rings. The van der Waals surface area contributed by atoms with Crippen molar-refractivity contribution < 1.29 is 13.2 Å². The number of rotatable bonds is 3. The van der Waals surface area contributed by atoms with Gasteiger partial charge in [0.1, 0.15) is 5.82 Å². The topological polar surface area (TPSA) is 28.7 Å². The number of nitrogens with one attached hydrogen (secondary N) is 1. The van der Waals surface area contributed by atoms with E-state index in [9.17, 15) is 13.2 Å². The first kappa shape index (κ1) is 12.2. The van der Waals surface area contributed by atoms with Gasteiger partial charge >= 0.3 is 0 Å². The molecule has 1 N–H and O–H groups in total. The Labute approximate surface area is 104 Å². The van der Waals surface area contributed by atoms with Crippen molar-refractivity contribution in [2.45, 2.75) is 11.2 Å². The number of hydrogen-bond donors (Lipinski definition) is 1. The third-order valence-electron chi connectivity index (χ3n) is 2.30. The number of aromatic amines is 1. The van der Waals surface area contributed by atoms with Gasteiger partial charge in [-0.25, -0.2) is 18.2 Å². The normalized spacial score (nSPS) is 12.7. The van der Waals surface area contributed by atoms with Crippen molar-refractivity contribution in [1.82, 2.24) is 9.97 Å². The van der Waals surface area contributed by atoms with Crippen LogP contribution in [0.2, 0.25) is 0 Å². The Morgan fingerprint density at radius 3 is 2.41 bits per heavy atom. The number of benzene rings is 1. The Kier molecular flexibility index (Phi) is 3.51. The van der Waals surface area contributed by atoms with Crippen LogP contribution < -0.4 is 0 Å². The molecular formula is C11H8BrF3N2. The maximum absolute atomic E-state index is 13.0. The highest BCUT2D eigenvalue weighted by molar-refractivity contribution is 9.09. The van der Waals surface area contributed by atoms with Gasteiger partial charge in [-0.2, -0.15) is 0 Å². The van der Waals surface area contributed by atoms with Gasteiger partial charge in [-0.05, 0) is 17.7 Å². The number of hydrogen-bond acceptors (Lipinski definition) is 1. The van der Waals surface area contributed by atoms with Crippen molar-refractivity contribution in [3.8, 4) is 0 Å². The zero-order valence-corrected chi connectivity index (χ0v) is 10.1. The van der Waals surface area contributed by atoms with Gasteiger partial charge in [0.2, 0.25) is 0 Å². The predicted molar refractivity (Wildman–Crippen MR) is 60.3 cm³/mol.